The average Bonchev–Trinajstić information content (AvgIpc) is 2.66. The van der Waals surface area contributed by atoms with Gasteiger partial charge in [0.05, 0.1) is 23.9 Å². The summed E-state index contributed by atoms with van der Waals surface area (Å²) in [6, 6.07) is 13.0. The largest absolute Gasteiger partial charge is 0.493 e. The molecular weight excluding hydrogens is 347 g/mol. The summed E-state index contributed by atoms with van der Waals surface area (Å²) in [5, 5.41) is 12.7. The predicted octanol–water partition coefficient (Wildman–Crippen LogP) is 3.55. The third kappa shape index (κ3) is 4.41. The van der Waals surface area contributed by atoms with Crippen LogP contribution in [-0.2, 0) is 0 Å². The van der Waals surface area contributed by atoms with Gasteiger partial charge in [0.2, 0.25) is 0 Å². The first-order valence-corrected chi connectivity index (χ1v) is 8.77. The summed E-state index contributed by atoms with van der Waals surface area (Å²) >= 11 is 0. The molecule has 1 amide bonds. The molecule has 1 aromatic heterocycles. The number of halogens is 1. The minimum absolute atomic E-state index is 0.178. The Bertz CT molecular complexity index is 956. The first kappa shape index (κ1) is 18.8. The van der Waals surface area contributed by atoms with Crippen LogP contribution in [0.3, 0.4) is 0 Å². The third-order valence-corrected chi connectivity index (χ3v) is 4.03. The lowest BCUT2D eigenvalue weighted by Gasteiger charge is -2.12. The van der Waals surface area contributed by atoms with E-state index in [4.69, 9.17) is 4.74 Å². The van der Waals surface area contributed by atoms with Gasteiger partial charge in [0.1, 0.15) is 11.6 Å². The molecule has 0 bridgehead atoms. The molecule has 0 saturated heterocycles. The lowest BCUT2D eigenvalue weighted by Crippen LogP contribution is -2.30. The molecule has 3 rings (SSSR count). The van der Waals surface area contributed by atoms with Gasteiger partial charge in [-0.3, -0.25) is 4.79 Å². The van der Waals surface area contributed by atoms with E-state index < -0.39 is 6.10 Å². The van der Waals surface area contributed by atoms with E-state index in [-0.39, 0.29) is 18.3 Å². The molecule has 1 heterocycles. The number of carbonyl (C=O) groups excluding carboxylic acids is 1. The number of fused-ring (bicyclic) bond motifs is 1. The number of hydrogen-bond donors (Lipinski definition) is 2. The van der Waals surface area contributed by atoms with Crippen molar-refractivity contribution in [3.63, 3.8) is 0 Å². The van der Waals surface area contributed by atoms with Crippen LogP contribution in [0.15, 0.2) is 48.5 Å². The summed E-state index contributed by atoms with van der Waals surface area (Å²) in [5.74, 6) is 0.0206. The van der Waals surface area contributed by atoms with Gasteiger partial charge in [-0.2, -0.15) is 0 Å². The number of ether oxygens (including phenoxy) is 1. The van der Waals surface area contributed by atoms with E-state index in [0.29, 0.717) is 34.5 Å². The molecule has 0 aliphatic rings. The second-order valence-corrected chi connectivity index (χ2v) is 6.24. The number of aromatic nitrogens is 1. The first-order chi connectivity index (χ1) is 13.0. The summed E-state index contributed by atoms with van der Waals surface area (Å²) in [7, 11) is 0. The van der Waals surface area contributed by atoms with Crippen molar-refractivity contribution in [3.05, 3.63) is 59.9 Å². The van der Waals surface area contributed by atoms with Gasteiger partial charge in [0, 0.05) is 29.1 Å². The van der Waals surface area contributed by atoms with Crippen molar-refractivity contribution in [2.45, 2.75) is 20.0 Å². The number of rotatable bonds is 6. The van der Waals surface area contributed by atoms with Gasteiger partial charge in [-0.15, -0.1) is 0 Å². The fourth-order valence-electron chi connectivity index (χ4n) is 2.72. The molecule has 1 unspecified atom stereocenters. The van der Waals surface area contributed by atoms with Crippen molar-refractivity contribution in [3.8, 4) is 17.0 Å². The van der Waals surface area contributed by atoms with Gasteiger partial charge in [-0.05, 0) is 56.3 Å². The third-order valence-electron chi connectivity index (χ3n) is 4.03. The first-order valence-electron chi connectivity index (χ1n) is 8.77. The Morgan fingerprint density at radius 1 is 1.22 bits per heavy atom. The Morgan fingerprint density at radius 3 is 2.63 bits per heavy atom. The van der Waals surface area contributed by atoms with Gasteiger partial charge in [0.15, 0.2) is 0 Å². The summed E-state index contributed by atoms with van der Waals surface area (Å²) in [6.45, 7) is 4.12. The molecule has 2 aromatic carbocycles. The Morgan fingerprint density at radius 2 is 1.96 bits per heavy atom. The Balaban J connectivity index is 2.03. The van der Waals surface area contributed by atoms with Crippen LogP contribution in [0.25, 0.3) is 22.2 Å². The van der Waals surface area contributed by atoms with Crippen LogP contribution in [-0.4, -0.2) is 35.3 Å². The maximum atomic E-state index is 13.2. The van der Waals surface area contributed by atoms with Crippen LogP contribution >= 0.6 is 0 Å². The molecule has 1 atom stereocenters. The molecule has 0 aliphatic carbocycles. The number of nitrogens with zero attached hydrogens (tertiary/aromatic N) is 1. The highest BCUT2D eigenvalue weighted by atomic mass is 19.1. The quantitative estimate of drug-likeness (QED) is 0.698. The molecule has 0 saturated carbocycles. The minimum atomic E-state index is -0.617. The van der Waals surface area contributed by atoms with E-state index in [2.05, 4.69) is 10.3 Å². The van der Waals surface area contributed by atoms with Crippen molar-refractivity contribution in [1.82, 2.24) is 10.3 Å². The zero-order valence-corrected chi connectivity index (χ0v) is 15.2. The van der Waals surface area contributed by atoms with Crippen LogP contribution in [0.2, 0.25) is 0 Å². The monoisotopic (exact) mass is 368 g/mol. The maximum absolute atomic E-state index is 13.2. The molecule has 5 nitrogen and oxygen atoms in total. The fourth-order valence-corrected chi connectivity index (χ4v) is 2.72. The second kappa shape index (κ2) is 8.14. The van der Waals surface area contributed by atoms with Crippen LogP contribution in [0, 0.1) is 5.82 Å². The van der Waals surface area contributed by atoms with E-state index in [1.165, 1.54) is 12.1 Å². The zero-order valence-electron chi connectivity index (χ0n) is 15.2. The number of pyridine rings is 1. The zero-order chi connectivity index (χ0) is 19.4. The van der Waals surface area contributed by atoms with E-state index in [9.17, 15) is 14.3 Å². The molecule has 3 aromatic rings. The smallest absolute Gasteiger partial charge is 0.251 e. The Hall–Kier alpha value is -2.99. The van der Waals surface area contributed by atoms with E-state index in [0.717, 1.165) is 5.56 Å². The Kier molecular flexibility index (Phi) is 5.66. The SMILES string of the molecule is CCOc1cc(-c2ccc(F)cc2)nc2ccc(C(=O)NCC(C)O)cc12. The number of carbonyl (C=O) groups is 1. The van der Waals surface area contributed by atoms with Crippen LogP contribution < -0.4 is 10.1 Å². The number of amides is 1. The number of aliphatic hydroxyl groups excluding tert-OH is 1. The van der Waals surface area contributed by atoms with E-state index >= 15 is 0 Å². The maximum Gasteiger partial charge on any atom is 0.251 e. The summed E-state index contributed by atoms with van der Waals surface area (Å²) in [6.07, 6.45) is -0.617. The predicted molar refractivity (Wildman–Crippen MR) is 102 cm³/mol. The molecule has 140 valence electrons. The van der Waals surface area contributed by atoms with Gasteiger partial charge in [-0.1, -0.05) is 0 Å². The number of nitrogens with one attached hydrogen (secondary N) is 1. The normalized spacial score (nSPS) is 12.0. The lowest BCUT2D eigenvalue weighted by atomic mass is 10.1. The molecule has 2 N–H and O–H groups in total. The number of benzene rings is 2. The van der Waals surface area contributed by atoms with Gasteiger partial charge in [-0.25, -0.2) is 9.37 Å². The van der Waals surface area contributed by atoms with Crippen molar-refractivity contribution in [1.29, 1.82) is 0 Å². The summed E-state index contributed by atoms with van der Waals surface area (Å²) < 4.78 is 18.9. The second-order valence-electron chi connectivity index (χ2n) is 6.24. The van der Waals surface area contributed by atoms with Crippen molar-refractivity contribution < 1.29 is 19.0 Å². The highest BCUT2D eigenvalue weighted by molar-refractivity contribution is 5.99. The van der Waals surface area contributed by atoms with Crippen LogP contribution in [0.4, 0.5) is 4.39 Å². The number of hydrogen-bond acceptors (Lipinski definition) is 4. The summed E-state index contributed by atoms with van der Waals surface area (Å²) in [4.78, 5) is 16.9. The van der Waals surface area contributed by atoms with Crippen molar-refractivity contribution in [2.24, 2.45) is 0 Å². The fraction of sp³-hybridized carbons (Fsp3) is 0.238. The molecule has 0 spiro atoms. The van der Waals surface area contributed by atoms with E-state index in [1.54, 1.807) is 43.3 Å². The van der Waals surface area contributed by atoms with E-state index in [1.807, 2.05) is 6.92 Å². The van der Waals surface area contributed by atoms with Crippen molar-refractivity contribution in [2.75, 3.05) is 13.2 Å². The number of aliphatic hydroxyl groups is 1. The topological polar surface area (TPSA) is 71.5 Å². The van der Waals surface area contributed by atoms with Gasteiger partial charge in [0.25, 0.3) is 5.91 Å². The molecule has 27 heavy (non-hydrogen) atoms. The average molecular weight is 368 g/mol. The van der Waals surface area contributed by atoms with Crippen LogP contribution in [0.5, 0.6) is 5.75 Å². The van der Waals surface area contributed by atoms with Crippen LogP contribution in [0.1, 0.15) is 24.2 Å². The molecule has 0 fully saturated rings. The summed E-state index contributed by atoms with van der Waals surface area (Å²) in [5.41, 5.74) is 2.57. The van der Waals surface area contributed by atoms with Crippen molar-refractivity contribution >= 4 is 16.8 Å². The lowest BCUT2D eigenvalue weighted by molar-refractivity contribution is 0.0924. The highest BCUT2D eigenvalue weighted by Crippen LogP contribution is 2.31. The standard InChI is InChI=1S/C21H21FN2O3/c1-3-27-20-11-19(14-4-7-16(22)8-5-14)24-18-9-6-15(10-17(18)20)21(26)23-12-13(2)25/h4-11,13,25H,3,12H2,1-2H3,(H,23,26). The van der Waals surface area contributed by atoms with Gasteiger partial charge < -0.3 is 15.2 Å². The highest BCUT2D eigenvalue weighted by Gasteiger charge is 2.13. The minimum Gasteiger partial charge on any atom is -0.493 e. The molecular formula is C21H21FN2O3. The molecule has 6 heteroatoms. The molecule has 0 radical (unpaired) electrons. The Labute approximate surface area is 156 Å². The molecule has 0 aliphatic heterocycles. The van der Waals surface area contributed by atoms with Gasteiger partial charge >= 0.3 is 0 Å².